The number of allylic oxidation sites excluding steroid dienone is 2. The van der Waals surface area contributed by atoms with Gasteiger partial charge in [0, 0.05) is 5.41 Å². The molecule has 7 atom stereocenters. The molecule has 0 amide bonds. The first kappa shape index (κ1) is 9.44. The minimum absolute atomic E-state index is 0.0319. The molecule has 0 aromatic carbocycles. The normalized spacial score (nSPS) is 60.6. The molecule has 1 heteroatoms. The highest BCUT2D eigenvalue weighted by Crippen LogP contribution is 2.70. The van der Waals surface area contributed by atoms with Gasteiger partial charge < -0.3 is 0 Å². The van der Waals surface area contributed by atoms with Crippen molar-refractivity contribution in [1.82, 2.24) is 0 Å². The molecule has 1 nitrogen and oxygen atoms in total. The molecular formula is C15H20O. The van der Waals surface area contributed by atoms with E-state index in [1.807, 2.05) is 6.92 Å². The molecule has 4 rings (SSSR count). The number of hydrogen-bond donors (Lipinski definition) is 0. The van der Waals surface area contributed by atoms with Gasteiger partial charge in [0.05, 0.1) is 0 Å². The SMILES string of the molecule is CC(=O)C1(C)CC2CC1C1C3C=CC(C3)C21. The third-order valence-electron chi connectivity index (χ3n) is 6.46. The second kappa shape index (κ2) is 2.63. The molecule has 0 spiro atoms. The molecule has 7 unspecified atom stereocenters. The van der Waals surface area contributed by atoms with Crippen LogP contribution in [0.1, 0.15) is 33.1 Å². The molecule has 4 aliphatic carbocycles. The van der Waals surface area contributed by atoms with Gasteiger partial charge in [-0.25, -0.2) is 0 Å². The van der Waals surface area contributed by atoms with E-state index in [9.17, 15) is 4.79 Å². The zero-order chi connectivity index (χ0) is 11.1. The molecule has 16 heavy (non-hydrogen) atoms. The molecular weight excluding hydrogens is 196 g/mol. The Labute approximate surface area is 97.3 Å². The summed E-state index contributed by atoms with van der Waals surface area (Å²) in [6, 6.07) is 0. The van der Waals surface area contributed by atoms with Gasteiger partial charge in [0.25, 0.3) is 0 Å². The Morgan fingerprint density at radius 1 is 1.19 bits per heavy atom. The van der Waals surface area contributed by atoms with Crippen LogP contribution in [0.2, 0.25) is 0 Å². The summed E-state index contributed by atoms with van der Waals surface area (Å²) in [6.45, 7) is 4.06. The summed E-state index contributed by atoms with van der Waals surface area (Å²) < 4.78 is 0. The average Bonchev–Trinajstić information content (AvgIpc) is 2.92. The van der Waals surface area contributed by atoms with Crippen molar-refractivity contribution < 1.29 is 4.79 Å². The minimum atomic E-state index is 0.0319. The first-order chi connectivity index (χ1) is 7.61. The van der Waals surface area contributed by atoms with Crippen molar-refractivity contribution in [1.29, 1.82) is 0 Å². The molecule has 0 aromatic heterocycles. The smallest absolute Gasteiger partial charge is 0.135 e. The zero-order valence-corrected chi connectivity index (χ0v) is 10.1. The maximum absolute atomic E-state index is 11.9. The van der Waals surface area contributed by atoms with E-state index in [-0.39, 0.29) is 5.41 Å². The number of fused-ring (bicyclic) bond motifs is 9. The van der Waals surface area contributed by atoms with Crippen molar-refractivity contribution in [2.75, 3.05) is 0 Å². The fraction of sp³-hybridized carbons (Fsp3) is 0.800. The fourth-order valence-corrected chi connectivity index (χ4v) is 5.77. The van der Waals surface area contributed by atoms with Crippen LogP contribution in [-0.4, -0.2) is 5.78 Å². The van der Waals surface area contributed by atoms with E-state index >= 15 is 0 Å². The maximum Gasteiger partial charge on any atom is 0.135 e. The monoisotopic (exact) mass is 216 g/mol. The van der Waals surface area contributed by atoms with E-state index in [0.29, 0.717) is 11.7 Å². The number of carbonyl (C=O) groups is 1. The third kappa shape index (κ3) is 0.846. The van der Waals surface area contributed by atoms with Crippen LogP contribution in [-0.2, 0) is 4.79 Å². The van der Waals surface area contributed by atoms with Crippen molar-refractivity contribution in [3.05, 3.63) is 12.2 Å². The predicted molar refractivity (Wildman–Crippen MR) is 62.7 cm³/mol. The van der Waals surface area contributed by atoms with Crippen molar-refractivity contribution in [2.24, 2.45) is 40.9 Å². The number of hydrogen-bond acceptors (Lipinski definition) is 1. The van der Waals surface area contributed by atoms with Gasteiger partial charge in [0.15, 0.2) is 0 Å². The standard InChI is InChI=1S/C15H20O/c1-8(16)15(2)7-11-6-12(15)14-10-4-3-9(5-10)13(11)14/h3-4,9-14H,5-7H2,1-2H3. The van der Waals surface area contributed by atoms with Crippen LogP contribution in [0.3, 0.4) is 0 Å². The summed E-state index contributed by atoms with van der Waals surface area (Å²) in [5, 5.41) is 0. The van der Waals surface area contributed by atoms with Crippen molar-refractivity contribution >= 4 is 5.78 Å². The summed E-state index contributed by atoms with van der Waals surface area (Å²) in [4.78, 5) is 11.9. The Balaban J connectivity index is 1.76. The van der Waals surface area contributed by atoms with Crippen LogP contribution >= 0.6 is 0 Å². The molecule has 0 aliphatic heterocycles. The van der Waals surface area contributed by atoms with E-state index in [1.54, 1.807) is 0 Å². The first-order valence-electron chi connectivity index (χ1n) is 6.80. The van der Waals surface area contributed by atoms with Gasteiger partial charge in [0.1, 0.15) is 5.78 Å². The lowest BCUT2D eigenvalue weighted by molar-refractivity contribution is -0.130. The zero-order valence-electron chi connectivity index (χ0n) is 10.1. The highest BCUT2D eigenvalue weighted by atomic mass is 16.1. The molecule has 0 heterocycles. The summed E-state index contributed by atoms with van der Waals surface area (Å²) in [5.74, 6) is 5.54. The van der Waals surface area contributed by atoms with Gasteiger partial charge in [-0.15, -0.1) is 0 Å². The molecule has 0 saturated heterocycles. The highest BCUT2D eigenvalue weighted by molar-refractivity contribution is 5.83. The van der Waals surface area contributed by atoms with Crippen LogP contribution < -0.4 is 0 Å². The van der Waals surface area contributed by atoms with Crippen LogP contribution in [0.5, 0.6) is 0 Å². The fourth-order valence-electron chi connectivity index (χ4n) is 5.77. The Morgan fingerprint density at radius 2 is 1.88 bits per heavy atom. The van der Waals surface area contributed by atoms with Gasteiger partial charge in [0.2, 0.25) is 0 Å². The van der Waals surface area contributed by atoms with E-state index in [2.05, 4.69) is 19.1 Å². The molecule has 86 valence electrons. The van der Waals surface area contributed by atoms with Gasteiger partial charge in [-0.3, -0.25) is 4.79 Å². The quantitative estimate of drug-likeness (QED) is 0.486. The largest absolute Gasteiger partial charge is 0.299 e. The Kier molecular flexibility index (Phi) is 1.55. The maximum atomic E-state index is 11.9. The second-order valence-electron chi connectivity index (χ2n) is 6.88. The first-order valence-corrected chi connectivity index (χ1v) is 6.80. The highest BCUT2D eigenvalue weighted by Gasteiger charge is 2.65. The van der Waals surface area contributed by atoms with Gasteiger partial charge in [-0.2, -0.15) is 0 Å². The molecule has 0 aromatic rings. The van der Waals surface area contributed by atoms with Gasteiger partial charge in [-0.1, -0.05) is 19.1 Å². The molecule has 4 bridgehead atoms. The average molecular weight is 216 g/mol. The van der Waals surface area contributed by atoms with Crippen LogP contribution in [0.15, 0.2) is 12.2 Å². The second-order valence-corrected chi connectivity index (χ2v) is 6.88. The Bertz CT molecular complexity index is 396. The minimum Gasteiger partial charge on any atom is -0.299 e. The summed E-state index contributed by atoms with van der Waals surface area (Å²) in [6.07, 6.45) is 8.85. The van der Waals surface area contributed by atoms with Gasteiger partial charge >= 0.3 is 0 Å². The summed E-state index contributed by atoms with van der Waals surface area (Å²) in [7, 11) is 0. The van der Waals surface area contributed by atoms with Crippen LogP contribution in [0.25, 0.3) is 0 Å². The molecule has 0 N–H and O–H groups in total. The molecule has 3 saturated carbocycles. The van der Waals surface area contributed by atoms with E-state index < -0.39 is 0 Å². The molecule has 0 radical (unpaired) electrons. The van der Waals surface area contributed by atoms with Crippen molar-refractivity contribution in [2.45, 2.75) is 33.1 Å². The Morgan fingerprint density at radius 3 is 2.56 bits per heavy atom. The van der Waals surface area contributed by atoms with E-state index in [4.69, 9.17) is 0 Å². The summed E-state index contributed by atoms with van der Waals surface area (Å²) >= 11 is 0. The number of carbonyl (C=O) groups excluding carboxylic acids is 1. The number of rotatable bonds is 1. The van der Waals surface area contributed by atoms with E-state index in [0.717, 1.165) is 29.6 Å². The van der Waals surface area contributed by atoms with Crippen LogP contribution in [0.4, 0.5) is 0 Å². The molecule has 3 fully saturated rings. The van der Waals surface area contributed by atoms with Crippen LogP contribution in [0, 0.1) is 40.9 Å². The van der Waals surface area contributed by atoms with E-state index in [1.165, 1.54) is 19.3 Å². The van der Waals surface area contributed by atoms with Crippen molar-refractivity contribution in [3.63, 3.8) is 0 Å². The Hall–Kier alpha value is -0.590. The summed E-state index contributed by atoms with van der Waals surface area (Å²) in [5.41, 5.74) is 0.0319. The third-order valence-corrected chi connectivity index (χ3v) is 6.46. The van der Waals surface area contributed by atoms with Gasteiger partial charge in [-0.05, 0) is 61.7 Å². The van der Waals surface area contributed by atoms with Crippen molar-refractivity contribution in [3.8, 4) is 0 Å². The predicted octanol–water partition coefficient (Wildman–Crippen LogP) is 3.06. The lowest BCUT2D eigenvalue weighted by atomic mass is 9.61. The molecule has 4 aliphatic rings. The lowest BCUT2D eigenvalue weighted by Crippen LogP contribution is -2.41. The number of ketones is 1. The lowest BCUT2D eigenvalue weighted by Gasteiger charge is -2.42. The number of Topliss-reactive ketones (excluding diaryl/α,β-unsaturated/α-hetero) is 1. The topological polar surface area (TPSA) is 17.1 Å².